The number of nitrogens with zero attached hydrogens (tertiary/aromatic N) is 1. The Morgan fingerprint density at radius 2 is 1.86 bits per heavy atom. The first-order chi connectivity index (χ1) is 9.91. The smallest absolute Gasteiger partial charge is 0.263 e. The molecule has 0 bridgehead atoms. The van der Waals surface area contributed by atoms with E-state index in [4.69, 9.17) is 11.6 Å². The fourth-order valence-electron chi connectivity index (χ4n) is 2.81. The summed E-state index contributed by atoms with van der Waals surface area (Å²) in [5.74, 6) is -0.319. The number of aryl methyl sites for hydroxylation is 1. The lowest BCUT2D eigenvalue weighted by atomic mass is 9.88. The zero-order valence-electron chi connectivity index (χ0n) is 11.9. The Morgan fingerprint density at radius 3 is 2.52 bits per heavy atom. The van der Waals surface area contributed by atoms with Gasteiger partial charge in [0, 0.05) is 24.1 Å². The summed E-state index contributed by atoms with van der Waals surface area (Å²) in [7, 11) is 1.67. The molecule has 1 heterocycles. The zero-order valence-corrected chi connectivity index (χ0v) is 12.7. The van der Waals surface area contributed by atoms with Crippen LogP contribution in [0.5, 0.6) is 0 Å². The largest absolute Gasteiger partial charge is 0.375 e. The third kappa shape index (κ3) is 2.23. The van der Waals surface area contributed by atoms with Gasteiger partial charge >= 0.3 is 0 Å². The minimum atomic E-state index is -1.55. The fraction of sp³-hybridized carbons (Fsp3) is 0.235. The second-order valence-corrected chi connectivity index (χ2v) is 5.98. The van der Waals surface area contributed by atoms with Crippen LogP contribution >= 0.6 is 11.6 Å². The highest BCUT2D eigenvalue weighted by Gasteiger charge is 2.48. The Balaban J connectivity index is 2.06. The number of rotatable bonds is 2. The summed E-state index contributed by atoms with van der Waals surface area (Å²) in [6.45, 7) is 2.00. The first-order valence-electron chi connectivity index (χ1n) is 6.78. The number of hydrogen-bond acceptors (Lipinski definition) is 2. The monoisotopic (exact) mass is 301 g/mol. The maximum Gasteiger partial charge on any atom is 0.263 e. The number of carbonyl (C=O) groups is 1. The summed E-state index contributed by atoms with van der Waals surface area (Å²) in [5, 5.41) is 11.5. The van der Waals surface area contributed by atoms with E-state index in [9.17, 15) is 9.90 Å². The molecule has 1 aliphatic heterocycles. The van der Waals surface area contributed by atoms with Gasteiger partial charge in [-0.05, 0) is 30.7 Å². The first-order valence-corrected chi connectivity index (χ1v) is 7.16. The average Bonchev–Trinajstić information content (AvgIpc) is 2.64. The molecule has 3 nitrogen and oxygen atoms in total. The van der Waals surface area contributed by atoms with Crippen LogP contribution in [-0.2, 0) is 16.8 Å². The topological polar surface area (TPSA) is 40.5 Å². The van der Waals surface area contributed by atoms with Crippen LogP contribution in [0.25, 0.3) is 0 Å². The average molecular weight is 302 g/mol. The predicted octanol–water partition coefficient (Wildman–Crippen LogP) is 3.06. The lowest BCUT2D eigenvalue weighted by Gasteiger charge is -2.22. The molecule has 2 aromatic carbocycles. The SMILES string of the molecule is Cc1ccc(CC2(O)C(=O)N(C)c3ccc(Cl)cc32)cc1. The maximum absolute atomic E-state index is 12.5. The fourth-order valence-corrected chi connectivity index (χ4v) is 2.98. The highest BCUT2D eigenvalue weighted by atomic mass is 35.5. The molecule has 108 valence electrons. The number of anilines is 1. The number of benzene rings is 2. The number of hydrogen-bond donors (Lipinski definition) is 1. The summed E-state index contributed by atoms with van der Waals surface area (Å²) in [4.78, 5) is 14.0. The van der Waals surface area contributed by atoms with Crippen LogP contribution in [0.2, 0.25) is 5.02 Å². The van der Waals surface area contributed by atoms with E-state index < -0.39 is 5.60 Å². The lowest BCUT2D eigenvalue weighted by molar-refractivity contribution is -0.135. The van der Waals surface area contributed by atoms with Crippen molar-refractivity contribution in [2.45, 2.75) is 18.9 Å². The summed E-state index contributed by atoms with van der Waals surface area (Å²) in [5.41, 5.74) is 1.79. The molecular weight excluding hydrogens is 286 g/mol. The van der Waals surface area contributed by atoms with Gasteiger partial charge in [-0.1, -0.05) is 41.4 Å². The van der Waals surface area contributed by atoms with E-state index in [-0.39, 0.29) is 12.3 Å². The van der Waals surface area contributed by atoms with Crippen molar-refractivity contribution >= 4 is 23.2 Å². The van der Waals surface area contributed by atoms with Crippen molar-refractivity contribution in [3.05, 3.63) is 64.2 Å². The summed E-state index contributed by atoms with van der Waals surface area (Å²) in [6.07, 6.45) is 0.240. The van der Waals surface area contributed by atoms with Crippen molar-refractivity contribution < 1.29 is 9.90 Å². The standard InChI is InChI=1S/C17H16ClNO2/c1-11-3-5-12(6-4-11)10-17(21)14-9-13(18)7-8-15(14)19(2)16(17)20/h3-9,21H,10H2,1-2H3. The van der Waals surface area contributed by atoms with Crippen LogP contribution < -0.4 is 4.90 Å². The number of carbonyl (C=O) groups excluding carboxylic acids is 1. The molecule has 21 heavy (non-hydrogen) atoms. The van der Waals surface area contributed by atoms with Crippen LogP contribution in [0.15, 0.2) is 42.5 Å². The van der Waals surface area contributed by atoms with Crippen LogP contribution in [0, 0.1) is 6.92 Å². The lowest BCUT2D eigenvalue weighted by Crippen LogP contribution is -2.40. The Morgan fingerprint density at radius 1 is 1.19 bits per heavy atom. The van der Waals surface area contributed by atoms with E-state index in [1.165, 1.54) is 4.90 Å². The van der Waals surface area contributed by atoms with Crippen LogP contribution in [0.4, 0.5) is 5.69 Å². The molecule has 0 aliphatic carbocycles. The Bertz CT molecular complexity index is 711. The van der Waals surface area contributed by atoms with Crippen molar-refractivity contribution in [1.29, 1.82) is 0 Å². The molecule has 0 radical (unpaired) electrons. The molecule has 0 saturated carbocycles. The van der Waals surface area contributed by atoms with Gasteiger partial charge in [0.1, 0.15) is 0 Å². The van der Waals surface area contributed by atoms with Gasteiger partial charge in [-0.15, -0.1) is 0 Å². The minimum absolute atomic E-state index is 0.240. The van der Waals surface area contributed by atoms with Gasteiger partial charge in [0.25, 0.3) is 5.91 Å². The molecule has 4 heteroatoms. The highest BCUT2D eigenvalue weighted by Crippen LogP contribution is 2.42. The second kappa shape index (κ2) is 4.86. The van der Waals surface area contributed by atoms with Crippen molar-refractivity contribution in [3.63, 3.8) is 0 Å². The molecule has 2 aromatic rings. The quantitative estimate of drug-likeness (QED) is 0.926. The maximum atomic E-state index is 12.5. The molecule has 1 unspecified atom stereocenters. The van der Waals surface area contributed by atoms with Gasteiger partial charge in [0.05, 0.1) is 5.69 Å². The summed E-state index contributed by atoms with van der Waals surface area (Å²) in [6, 6.07) is 13.0. The Kier molecular flexibility index (Phi) is 3.27. The van der Waals surface area contributed by atoms with Crippen LogP contribution in [0.3, 0.4) is 0 Å². The van der Waals surface area contributed by atoms with Gasteiger partial charge in [-0.2, -0.15) is 0 Å². The van der Waals surface area contributed by atoms with E-state index >= 15 is 0 Å². The molecule has 0 saturated heterocycles. The summed E-state index contributed by atoms with van der Waals surface area (Å²) >= 11 is 6.03. The number of fused-ring (bicyclic) bond motifs is 1. The normalized spacial score (nSPS) is 20.8. The van der Waals surface area contributed by atoms with Gasteiger partial charge < -0.3 is 10.0 Å². The minimum Gasteiger partial charge on any atom is -0.375 e. The highest BCUT2D eigenvalue weighted by molar-refractivity contribution is 6.31. The van der Waals surface area contributed by atoms with Crippen molar-refractivity contribution in [1.82, 2.24) is 0 Å². The van der Waals surface area contributed by atoms with E-state index in [0.29, 0.717) is 16.3 Å². The second-order valence-electron chi connectivity index (χ2n) is 5.55. The van der Waals surface area contributed by atoms with E-state index in [1.807, 2.05) is 31.2 Å². The Labute approximate surface area is 128 Å². The van der Waals surface area contributed by atoms with Gasteiger partial charge in [0.15, 0.2) is 5.60 Å². The van der Waals surface area contributed by atoms with Crippen molar-refractivity contribution in [2.75, 3.05) is 11.9 Å². The molecule has 1 N–H and O–H groups in total. The number of halogens is 1. The van der Waals surface area contributed by atoms with Gasteiger partial charge in [-0.3, -0.25) is 4.79 Å². The molecule has 1 amide bonds. The molecular formula is C17H16ClNO2. The van der Waals surface area contributed by atoms with Gasteiger partial charge in [-0.25, -0.2) is 0 Å². The van der Waals surface area contributed by atoms with Crippen molar-refractivity contribution in [3.8, 4) is 0 Å². The zero-order chi connectivity index (χ0) is 15.2. The van der Waals surface area contributed by atoms with Crippen molar-refractivity contribution in [2.24, 2.45) is 0 Å². The first kappa shape index (κ1) is 14.1. The molecule has 0 fully saturated rings. The van der Waals surface area contributed by atoms with E-state index in [2.05, 4.69) is 0 Å². The molecule has 1 atom stereocenters. The molecule has 1 aliphatic rings. The number of amides is 1. The Hall–Kier alpha value is -1.84. The third-order valence-electron chi connectivity index (χ3n) is 4.00. The van der Waals surface area contributed by atoms with Gasteiger partial charge in [0.2, 0.25) is 0 Å². The number of likely N-dealkylation sites (N-methyl/N-ethyl adjacent to an activating group) is 1. The van der Waals surface area contributed by atoms with E-state index in [0.717, 1.165) is 11.1 Å². The van der Waals surface area contributed by atoms with Crippen LogP contribution in [-0.4, -0.2) is 18.1 Å². The predicted molar refractivity (Wildman–Crippen MR) is 83.6 cm³/mol. The molecule has 0 spiro atoms. The van der Waals surface area contributed by atoms with E-state index in [1.54, 1.807) is 25.2 Å². The summed E-state index contributed by atoms with van der Waals surface area (Å²) < 4.78 is 0. The molecule has 3 rings (SSSR count). The third-order valence-corrected chi connectivity index (χ3v) is 4.24. The van der Waals surface area contributed by atoms with Crippen LogP contribution in [0.1, 0.15) is 16.7 Å². The molecule has 0 aromatic heterocycles. The number of aliphatic hydroxyl groups is 1.